The van der Waals surface area contributed by atoms with Gasteiger partial charge in [0.15, 0.2) is 5.15 Å². The molecule has 17 heavy (non-hydrogen) atoms. The molecule has 1 aromatic heterocycles. The van der Waals surface area contributed by atoms with Crippen molar-refractivity contribution in [1.82, 2.24) is 10.2 Å². The summed E-state index contributed by atoms with van der Waals surface area (Å²) in [5, 5.41) is 7.92. The number of hydrogen-bond acceptors (Lipinski definition) is 3. The first-order valence-electron chi connectivity index (χ1n) is 5.18. The third kappa shape index (κ3) is 3.04. The molecule has 2 rings (SSSR count). The minimum atomic E-state index is 0.346. The van der Waals surface area contributed by atoms with Crippen molar-refractivity contribution in [2.24, 2.45) is 0 Å². The summed E-state index contributed by atoms with van der Waals surface area (Å²) < 4.78 is 5.63. The lowest BCUT2D eigenvalue weighted by atomic mass is 10.2. The number of rotatable bonds is 3. The maximum Gasteiger partial charge on any atom is 0.238 e. The summed E-state index contributed by atoms with van der Waals surface area (Å²) >= 11 is 5.66. The molecule has 2 aromatic rings. The molecule has 0 atom stereocenters. The van der Waals surface area contributed by atoms with Gasteiger partial charge >= 0.3 is 0 Å². The van der Waals surface area contributed by atoms with E-state index in [9.17, 15) is 0 Å². The third-order valence-electron chi connectivity index (χ3n) is 2.09. The first kappa shape index (κ1) is 11.6. The predicted molar refractivity (Wildman–Crippen MR) is 68.3 cm³/mol. The maximum absolute atomic E-state index is 5.66. The van der Waals surface area contributed by atoms with E-state index in [1.165, 1.54) is 0 Å². The van der Waals surface area contributed by atoms with Gasteiger partial charge in [-0.1, -0.05) is 42.0 Å². The monoisotopic (exact) mass is 246 g/mol. The molecule has 0 saturated carbocycles. The van der Waals surface area contributed by atoms with Gasteiger partial charge in [-0.3, -0.25) is 0 Å². The zero-order chi connectivity index (χ0) is 12.1. The molecule has 4 heteroatoms. The van der Waals surface area contributed by atoms with Crippen molar-refractivity contribution in [2.45, 2.75) is 6.92 Å². The smallest absolute Gasteiger partial charge is 0.238 e. The van der Waals surface area contributed by atoms with E-state index < -0.39 is 0 Å². The Balaban J connectivity index is 2.26. The predicted octanol–water partition coefficient (Wildman–Crippen LogP) is 3.96. The van der Waals surface area contributed by atoms with Crippen molar-refractivity contribution in [3.63, 3.8) is 0 Å². The lowest BCUT2D eigenvalue weighted by Gasteiger charge is -2.06. The number of nitrogens with zero attached hydrogens (tertiary/aromatic N) is 2. The number of hydrogen-bond donors (Lipinski definition) is 0. The van der Waals surface area contributed by atoms with Gasteiger partial charge in [0.25, 0.3) is 0 Å². The van der Waals surface area contributed by atoms with Gasteiger partial charge in [-0.05, 0) is 19.1 Å². The van der Waals surface area contributed by atoms with Gasteiger partial charge in [0.2, 0.25) is 5.88 Å². The van der Waals surface area contributed by atoms with E-state index in [0.717, 1.165) is 11.3 Å². The Morgan fingerprint density at radius 2 is 1.94 bits per heavy atom. The van der Waals surface area contributed by atoms with Crippen molar-refractivity contribution >= 4 is 17.7 Å². The molecule has 86 valence electrons. The van der Waals surface area contributed by atoms with Crippen LogP contribution in [0.25, 0.3) is 6.08 Å². The Hall–Kier alpha value is -1.87. The highest BCUT2D eigenvalue weighted by Gasteiger charge is 2.03. The van der Waals surface area contributed by atoms with E-state index in [2.05, 4.69) is 10.2 Å². The standard InChI is InChI=1S/C13H11ClN2O/c1-2-5-10-6-3-4-7-11(10)17-13-9-8-12(14)15-16-13/h2-9H,1H3/b5-2-. The Morgan fingerprint density at radius 1 is 1.12 bits per heavy atom. The molecule has 0 spiro atoms. The van der Waals surface area contributed by atoms with E-state index >= 15 is 0 Å². The van der Waals surface area contributed by atoms with Crippen LogP contribution in [0, 0.1) is 0 Å². The first-order valence-corrected chi connectivity index (χ1v) is 5.56. The van der Waals surface area contributed by atoms with Gasteiger partial charge in [-0.2, -0.15) is 0 Å². The Labute approximate surface area is 105 Å². The highest BCUT2D eigenvalue weighted by atomic mass is 35.5. The molecule has 1 heterocycles. The lowest BCUT2D eigenvalue weighted by molar-refractivity contribution is 0.454. The zero-order valence-electron chi connectivity index (χ0n) is 9.30. The van der Waals surface area contributed by atoms with Crippen LogP contribution in [0.15, 0.2) is 42.5 Å². The topological polar surface area (TPSA) is 35.0 Å². The molecule has 0 bridgehead atoms. The highest BCUT2D eigenvalue weighted by molar-refractivity contribution is 6.29. The Bertz CT molecular complexity index is 523. The molecular formula is C13H11ClN2O. The molecule has 0 aliphatic carbocycles. The van der Waals surface area contributed by atoms with Crippen LogP contribution in [-0.4, -0.2) is 10.2 Å². The van der Waals surface area contributed by atoms with Crippen LogP contribution < -0.4 is 4.74 Å². The van der Waals surface area contributed by atoms with Crippen molar-refractivity contribution in [3.05, 3.63) is 53.2 Å². The molecule has 0 aliphatic rings. The summed E-state index contributed by atoms with van der Waals surface area (Å²) in [5.74, 6) is 1.16. The van der Waals surface area contributed by atoms with Crippen LogP contribution in [-0.2, 0) is 0 Å². The van der Waals surface area contributed by atoms with Crippen LogP contribution in [0.4, 0.5) is 0 Å². The van der Waals surface area contributed by atoms with Gasteiger partial charge in [-0.15, -0.1) is 10.2 Å². The fourth-order valence-electron chi connectivity index (χ4n) is 1.36. The van der Waals surface area contributed by atoms with Crippen molar-refractivity contribution in [2.75, 3.05) is 0 Å². The Morgan fingerprint density at radius 3 is 2.65 bits per heavy atom. The van der Waals surface area contributed by atoms with E-state index in [0.29, 0.717) is 11.0 Å². The summed E-state index contributed by atoms with van der Waals surface area (Å²) in [6.45, 7) is 1.96. The van der Waals surface area contributed by atoms with E-state index in [1.54, 1.807) is 12.1 Å². The van der Waals surface area contributed by atoms with Gasteiger partial charge in [0.05, 0.1) is 0 Å². The number of para-hydroxylation sites is 1. The molecule has 1 aromatic carbocycles. The molecule has 3 nitrogen and oxygen atoms in total. The minimum absolute atomic E-state index is 0.346. The Kier molecular flexibility index (Phi) is 3.73. The van der Waals surface area contributed by atoms with Crippen LogP contribution in [0.1, 0.15) is 12.5 Å². The molecule has 0 radical (unpaired) electrons. The van der Waals surface area contributed by atoms with Crippen molar-refractivity contribution < 1.29 is 4.74 Å². The molecule has 0 N–H and O–H groups in total. The zero-order valence-corrected chi connectivity index (χ0v) is 10.1. The first-order chi connectivity index (χ1) is 8.29. The summed E-state index contributed by atoms with van der Waals surface area (Å²) in [6.07, 6.45) is 3.93. The normalized spacial score (nSPS) is 10.7. The quantitative estimate of drug-likeness (QED) is 0.822. The van der Waals surface area contributed by atoms with Crippen LogP contribution in [0.5, 0.6) is 11.6 Å². The third-order valence-corrected chi connectivity index (χ3v) is 2.29. The summed E-state index contributed by atoms with van der Waals surface area (Å²) in [5.41, 5.74) is 0.992. The van der Waals surface area contributed by atoms with Crippen LogP contribution in [0.2, 0.25) is 5.15 Å². The molecule has 0 fully saturated rings. The van der Waals surface area contributed by atoms with Crippen LogP contribution in [0.3, 0.4) is 0 Å². The fourth-order valence-corrected chi connectivity index (χ4v) is 1.46. The van der Waals surface area contributed by atoms with E-state index in [4.69, 9.17) is 16.3 Å². The molecule has 0 saturated heterocycles. The number of halogens is 1. The fraction of sp³-hybridized carbons (Fsp3) is 0.0769. The number of allylic oxidation sites excluding steroid dienone is 1. The van der Waals surface area contributed by atoms with Gasteiger partial charge < -0.3 is 4.74 Å². The summed E-state index contributed by atoms with van der Waals surface area (Å²) in [4.78, 5) is 0. The average molecular weight is 247 g/mol. The van der Waals surface area contributed by atoms with E-state index in [1.807, 2.05) is 43.3 Å². The summed E-state index contributed by atoms with van der Waals surface area (Å²) in [7, 11) is 0. The second kappa shape index (κ2) is 5.46. The van der Waals surface area contributed by atoms with Gasteiger partial charge in [0, 0.05) is 11.6 Å². The second-order valence-electron chi connectivity index (χ2n) is 3.33. The van der Waals surface area contributed by atoms with Gasteiger partial charge in [0.1, 0.15) is 5.75 Å². The largest absolute Gasteiger partial charge is 0.437 e. The molecule has 0 amide bonds. The maximum atomic E-state index is 5.66. The van der Waals surface area contributed by atoms with Crippen molar-refractivity contribution in [3.8, 4) is 11.6 Å². The molecular weight excluding hydrogens is 236 g/mol. The summed E-state index contributed by atoms with van der Waals surface area (Å²) in [6, 6.07) is 11.0. The highest BCUT2D eigenvalue weighted by Crippen LogP contribution is 2.24. The SMILES string of the molecule is C/C=C\c1ccccc1Oc1ccc(Cl)nn1. The minimum Gasteiger partial charge on any atom is -0.437 e. The molecule has 0 unspecified atom stereocenters. The number of ether oxygens (including phenoxy) is 1. The molecule has 0 aliphatic heterocycles. The second-order valence-corrected chi connectivity index (χ2v) is 3.72. The van der Waals surface area contributed by atoms with Crippen molar-refractivity contribution in [1.29, 1.82) is 0 Å². The van der Waals surface area contributed by atoms with Gasteiger partial charge in [-0.25, -0.2) is 0 Å². The van der Waals surface area contributed by atoms with E-state index in [-0.39, 0.29) is 0 Å². The average Bonchev–Trinajstić information content (AvgIpc) is 2.35. The number of aromatic nitrogens is 2. The lowest BCUT2D eigenvalue weighted by Crippen LogP contribution is -1.91. The number of benzene rings is 1. The van der Waals surface area contributed by atoms with Crippen LogP contribution >= 0.6 is 11.6 Å².